The van der Waals surface area contributed by atoms with Crippen LogP contribution in [0.1, 0.15) is 27.4 Å². The molecule has 0 radical (unpaired) electrons. The zero-order valence-electron chi connectivity index (χ0n) is 18.8. The topological polar surface area (TPSA) is 142 Å². The molecule has 3 N–H and O–H groups in total. The zero-order chi connectivity index (χ0) is 24.2. The van der Waals surface area contributed by atoms with E-state index >= 15 is 0 Å². The molecule has 5 aromatic rings. The van der Waals surface area contributed by atoms with Crippen molar-refractivity contribution in [2.24, 2.45) is 0 Å². The monoisotopic (exact) mass is 467 g/mol. The van der Waals surface area contributed by atoms with Gasteiger partial charge in [0.15, 0.2) is 0 Å². The van der Waals surface area contributed by atoms with Gasteiger partial charge in [0.05, 0.1) is 31.1 Å². The van der Waals surface area contributed by atoms with Crippen molar-refractivity contribution in [3.05, 3.63) is 90.0 Å². The molecule has 0 aliphatic heterocycles. The van der Waals surface area contributed by atoms with Gasteiger partial charge in [-0.25, -0.2) is 15.0 Å². The van der Waals surface area contributed by atoms with Crippen LogP contribution in [-0.4, -0.2) is 37.9 Å². The van der Waals surface area contributed by atoms with E-state index in [2.05, 4.69) is 30.2 Å². The van der Waals surface area contributed by atoms with Gasteiger partial charge in [0.25, 0.3) is 5.91 Å². The number of hydrogen-bond donors (Lipinski definition) is 2. The fourth-order valence-electron chi connectivity index (χ4n) is 3.74. The number of anilines is 1. The molecule has 1 aromatic carbocycles. The van der Waals surface area contributed by atoms with Crippen molar-refractivity contribution in [2.45, 2.75) is 13.0 Å². The van der Waals surface area contributed by atoms with Crippen LogP contribution in [-0.2, 0) is 13.0 Å². The molecule has 35 heavy (non-hydrogen) atoms. The summed E-state index contributed by atoms with van der Waals surface area (Å²) in [7, 11) is 1.53. The Morgan fingerprint density at radius 3 is 2.77 bits per heavy atom. The van der Waals surface area contributed by atoms with Crippen LogP contribution < -0.4 is 15.8 Å². The van der Waals surface area contributed by atoms with Crippen molar-refractivity contribution >= 4 is 22.8 Å². The van der Waals surface area contributed by atoms with E-state index in [1.54, 1.807) is 36.8 Å². The minimum atomic E-state index is -0.382. The second kappa shape index (κ2) is 9.56. The fourth-order valence-corrected chi connectivity index (χ4v) is 3.74. The van der Waals surface area contributed by atoms with E-state index in [0.29, 0.717) is 34.7 Å². The van der Waals surface area contributed by atoms with Crippen LogP contribution in [0, 0.1) is 0 Å². The Hall–Kier alpha value is -4.86. The predicted molar refractivity (Wildman–Crippen MR) is 128 cm³/mol. The number of fused-ring (bicyclic) bond motifs is 1. The Morgan fingerprint density at radius 1 is 1.09 bits per heavy atom. The second-order valence-corrected chi connectivity index (χ2v) is 7.69. The lowest BCUT2D eigenvalue weighted by Crippen LogP contribution is -2.25. The smallest absolute Gasteiger partial charge is 0.271 e. The average Bonchev–Trinajstić information content (AvgIpc) is 3.42. The Morgan fingerprint density at radius 2 is 1.94 bits per heavy atom. The highest BCUT2D eigenvalue weighted by atomic mass is 16.5. The summed E-state index contributed by atoms with van der Waals surface area (Å²) in [5, 5.41) is 3.42. The minimum Gasteiger partial charge on any atom is -0.494 e. The summed E-state index contributed by atoms with van der Waals surface area (Å²) >= 11 is 0. The van der Waals surface area contributed by atoms with Gasteiger partial charge in [-0.2, -0.15) is 0 Å². The number of rotatable bonds is 7. The molecule has 174 valence electrons. The van der Waals surface area contributed by atoms with Crippen molar-refractivity contribution in [2.75, 3.05) is 12.8 Å². The Kier molecular flexibility index (Phi) is 6.00. The number of oxazole rings is 1. The summed E-state index contributed by atoms with van der Waals surface area (Å²) in [6.45, 7) is 0.219. The van der Waals surface area contributed by atoms with E-state index in [1.165, 1.54) is 13.4 Å². The highest BCUT2D eigenvalue weighted by molar-refractivity contribution is 6.05. The normalized spacial score (nSPS) is 10.9. The molecule has 0 bridgehead atoms. The maximum absolute atomic E-state index is 13.0. The number of ether oxygens (including phenoxy) is 1. The summed E-state index contributed by atoms with van der Waals surface area (Å²) in [6, 6.07) is 12.9. The van der Waals surface area contributed by atoms with Crippen molar-refractivity contribution in [1.29, 1.82) is 0 Å². The van der Waals surface area contributed by atoms with Gasteiger partial charge in [-0.05, 0) is 29.8 Å². The summed E-state index contributed by atoms with van der Waals surface area (Å²) in [5.74, 6) is 0.640. The number of nitrogens with two attached hydrogens (primary N) is 1. The summed E-state index contributed by atoms with van der Waals surface area (Å²) in [5.41, 5.74) is 9.80. The molecule has 0 aliphatic rings. The lowest BCUT2D eigenvalue weighted by Gasteiger charge is -2.10. The summed E-state index contributed by atoms with van der Waals surface area (Å²) in [6.07, 6.45) is 7.17. The number of pyridine rings is 2. The van der Waals surface area contributed by atoms with Crippen molar-refractivity contribution in [3.63, 3.8) is 0 Å². The van der Waals surface area contributed by atoms with E-state index in [9.17, 15) is 4.79 Å². The van der Waals surface area contributed by atoms with Crippen molar-refractivity contribution in [3.8, 4) is 17.2 Å². The first kappa shape index (κ1) is 22.0. The number of nitrogens with zero attached hydrogens (tertiary/aromatic N) is 5. The number of para-hydroxylation sites is 1. The zero-order valence-corrected chi connectivity index (χ0v) is 18.8. The number of aromatic nitrogens is 5. The SMILES string of the molecule is COc1cccc2c(C(=O)NCc3cccc(Cc4cncc(-c5ncco5)c4)n3)nc(N)nc12. The van der Waals surface area contributed by atoms with Crippen molar-refractivity contribution < 1.29 is 13.9 Å². The molecule has 5 rings (SSSR count). The van der Waals surface area contributed by atoms with E-state index in [4.69, 9.17) is 14.9 Å². The number of carbonyl (C=O) groups excluding carboxylic acids is 1. The Balaban J connectivity index is 1.31. The molecule has 10 nitrogen and oxygen atoms in total. The molecule has 0 spiro atoms. The molecule has 1 amide bonds. The highest BCUT2D eigenvalue weighted by Crippen LogP contribution is 2.26. The van der Waals surface area contributed by atoms with Crippen LogP contribution in [0.25, 0.3) is 22.4 Å². The van der Waals surface area contributed by atoms with Crippen LogP contribution >= 0.6 is 0 Å². The van der Waals surface area contributed by atoms with E-state index < -0.39 is 0 Å². The van der Waals surface area contributed by atoms with Gasteiger partial charge in [-0.1, -0.05) is 18.2 Å². The first-order valence-electron chi connectivity index (χ1n) is 10.8. The first-order valence-corrected chi connectivity index (χ1v) is 10.8. The van der Waals surface area contributed by atoms with Gasteiger partial charge in [0.2, 0.25) is 11.8 Å². The molecule has 10 heteroatoms. The van der Waals surface area contributed by atoms with Crippen LogP contribution in [0.2, 0.25) is 0 Å². The largest absolute Gasteiger partial charge is 0.494 e. The highest BCUT2D eigenvalue weighted by Gasteiger charge is 2.16. The van der Waals surface area contributed by atoms with E-state index in [-0.39, 0.29) is 24.1 Å². The number of amides is 1. The van der Waals surface area contributed by atoms with Crippen LogP contribution in [0.5, 0.6) is 5.75 Å². The number of benzene rings is 1. The minimum absolute atomic E-state index is 0.00661. The molecule has 0 saturated carbocycles. The maximum Gasteiger partial charge on any atom is 0.271 e. The number of nitrogen functional groups attached to an aromatic ring is 1. The lowest BCUT2D eigenvalue weighted by atomic mass is 10.1. The second-order valence-electron chi connectivity index (χ2n) is 7.69. The van der Waals surface area contributed by atoms with Gasteiger partial charge in [0, 0.05) is 29.9 Å². The Bertz CT molecular complexity index is 1500. The van der Waals surface area contributed by atoms with Gasteiger partial charge >= 0.3 is 0 Å². The van der Waals surface area contributed by atoms with Gasteiger partial charge < -0.3 is 20.2 Å². The van der Waals surface area contributed by atoms with E-state index in [0.717, 1.165) is 16.8 Å². The third-order valence-electron chi connectivity index (χ3n) is 5.30. The summed E-state index contributed by atoms with van der Waals surface area (Å²) in [4.78, 5) is 34.4. The first-order chi connectivity index (χ1) is 17.1. The number of hydrogen-bond acceptors (Lipinski definition) is 9. The van der Waals surface area contributed by atoms with Gasteiger partial charge in [0.1, 0.15) is 23.2 Å². The maximum atomic E-state index is 13.0. The third-order valence-corrected chi connectivity index (χ3v) is 5.30. The van der Waals surface area contributed by atoms with Gasteiger partial charge in [-0.15, -0.1) is 0 Å². The van der Waals surface area contributed by atoms with Crippen molar-refractivity contribution in [1.82, 2.24) is 30.2 Å². The molecule has 0 aliphatic carbocycles. The molecular weight excluding hydrogens is 446 g/mol. The Labute approximate surface area is 200 Å². The van der Waals surface area contributed by atoms with Crippen LogP contribution in [0.15, 0.2) is 71.7 Å². The predicted octanol–water partition coefficient (Wildman–Crippen LogP) is 3.19. The molecule has 4 aromatic heterocycles. The standard InChI is InChI=1S/C25H21N7O3/c1-34-20-7-3-6-19-21(20)31-25(26)32-22(19)23(33)29-14-18-5-2-4-17(30-18)11-15-10-16(13-27-12-15)24-28-8-9-35-24/h2-10,12-13H,11,14H2,1H3,(H,29,33)(H2,26,31,32). The average molecular weight is 467 g/mol. The molecule has 4 heterocycles. The molecule has 0 unspecified atom stereocenters. The van der Waals surface area contributed by atoms with E-state index in [1.807, 2.05) is 24.3 Å². The molecule has 0 saturated heterocycles. The van der Waals surface area contributed by atoms with Gasteiger partial charge in [-0.3, -0.25) is 14.8 Å². The molecule has 0 fully saturated rings. The number of methoxy groups -OCH3 is 1. The number of nitrogens with one attached hydrogen (secondary N) is 1. The quantitative estimate of drug-likeness (QED) is 0.369. The van der Waals surface area contributed by atoms with Crippen LogP contribution in [0.3, 0.4) is 0 Å². The third kappa shape index (κ3) is 4.76. The lowest BCUT2D eigenvalue weighted by molar-refractivity contribution is 0.0947. The van der Waals surface area contributed by atoms with Crippen LogP contribution in [0.4, 0.5) is 5.95 Å². The number of carbonyl (C=O) groups is 1. The summed E-state index contributed by atoms with van der Waals surface area (Å²) < 4.78 is 10.7. The molecular formula is C25H21N7O3. The fraction of sp³-hybridized carbons (Fsp3) is 0.120. The molecule has 0 atom stereocenters.